The summed E-state index contributed by atoms with van der Waals surface area (Å²) < 4.78 is 5.66. The first kappa shape index (κ1) is 30.5. The quantitative estimate of drug-likeness (QED) is 0.369. The van der Waals surface area contributed by atoms with E-state index in [1.54, 1.807) is 44.3 Å². The van der Waals surface area contributed by atoms with Gasteiger partial charge in [-0.25, -0.2) is 0 Å². The van der Waals surface area contributed by atoms with Gasteiger partial charge in [-0.3, -0.25) is 29.1 Å². The molecule has 0 saturated carbocycles. The SMILES string of the molecule is CC(C)[C@H](NC(=O)[C@@H]1Cc2ccccc2N1C(=O)[C@@H](NC(=O)c1cccnc1)C(C)C)C(=O)c1nnc(C(C)(C)C)o1. The Kier molecular flexibility index (Phi) is 8.89. The Balaban J connectivity index is 1.60. The molecule has 3 atom stereocenters. The van der Waals surface area contributed by atoms with E-state index in [1.807, 2.05) is 46.8 Å². The molecule has 4 rings (SSSR count). The summed E-state index contributed by atoms with van der Waals surface area (Å²) in [5, 5.41) is 13.6. The van der Waals surface area contributed by atoms with Crippen molar-refractivity contribution in [3.63, 3.8) is 0 Å². The lowest BCUT2D eigenvalue weighted by atomic mass is 9.97. The summed E-state index contributed by atoms with van der Waals surface area (Å²) >= 11 is 0. The first-order valence-electron chi connectivity index (χ1n) is 14.1. The smallest absolute Gasteiger partial charge is 0.286 e. The summed E-state index contributed by atoms with van der Waals surface area (Å²) in [4.78, 5) is 59.8. The number of nitrogens with one attached hydrogen (secondary N) is 2. The van der Waals surface area contributed by atoms with Crippen molar-refractivity contribution < 1.29 is 23.6 Å². The van der Waals surface area contributed by atoms with Crippen LogP contribution in [0.3, 0.4) is 0 Å². The molecule has 3 aromatic rings. The molecule has 0 unspecified atom stereocenters. The highest BCUT2D eigenvalue weighted by Gasteiger charge is 2.43. The first-order valence-corrected chi connectivity index (χ1v) is 14.1. The summed E-state index contributed by atoms with van der Waals surface area (Å²) in [6.45, 7) is 12.9. The van der Waals surface area contributed by atoms with Gasteiger partial charge in [0, 0.05) is 29.9 Å². The van der Waals surface area contributed by atoms with E-state index >= 15 is 0 Å². The number of rotatable bonds is 9. The standard InChI is InChI=1S/C31H38N6O5/c1-17(2)23(25(38)28-35-36-30(42-28)31(5,6)7)33-27(40)22-15-19-11-8-9-13-21(19)37(22)29(41)24(18(3)4)34-26(39)20-12-10-14-32-16-20/h8-14,16-18,22-24H,15H2,1-7H3,(H,33,40)(H,34,39)/t22-,23-,24-/m0/s1. The molecule has 1 aliphatic rings. The van der Waals surface area contributed by atoms with Crippen molar-refractivity contribution >= 4 is 29.2 Å². The Labute approximate surface area is 245 Å². The highest BCUT2D eigenvalue weighted by Crippen LogP contribution is 2.34. The van der Waals surface area contributed by atoms with E-state index in [2.05, 4.69) is 25.8 Å². The Morgan fingerprint density at radius 3 is 2.21 bits per heavy atom. The van der Waals surface area contributed by atoms with Crippen LogP contribution >= 0.6 is 0 Å². The fraction of sp³-hybridized carbons (Fsp3) is 0.452. The number of pyridine rings is 1. The van der Waals surface area contributed by atoms with E-state index in [0.29, 0.717) is 17.1 Å². The number of anilines is 1. The van der Waals surface area contributed by atoms with E-state index < -0.39 is 47.0 Å². The summed E-state index contributed by atoms with van der Waals surface area (Å²) in [5.41, 5.74) is 1.27. The molecule has 3 amide bonds. The maximum absolute atomic E-state index is 14.1. The Hall–Kier alpha value is -4.41. The second kappa shape index (κ2) is 12.2. The number of hydrogen-bond acceptors (Lipinski definition) is 8. The van der Waals surface area contributed by atoms with Crippen molar-refractivity contribution in [1.29, 1.82) is 0 Å². The summed E-state index contributed by atoms with van der Waals surface area (Å²) in [5.74, 6) is -2.32. The van der Waals surface area contributed by atoms with Gasteiger partial charge in [-0.2, -0.15) is 0 Å². The molecule has 11 nitrogen and oxygen atoms in total. The van der Waals surface area contributed by atoms with Crippen LogP contribution in [0.2, 0.25) is 0 Å². The molecule has 2 N–H and O–H groups in total. The third-order valence-corrected chi connectivity index (χ3v) is 7.18. The molecular weight excluding hydrogens is 536 g/mol. The Bertz CT molecular complexity index is 1460. The van der Waals surface area contributed by atoms with Gasteiger partial charge >= 0.3 is 0 Å². The number of benzene rings is 1. The molecule has 0 fully saturated rings. The fourth-order valence-electron chi connectivity index (χ4n) is 4.80. The third-order valence-electron chi connectivity index (χ3n) is 7.18. The van der Waals surface area contributed by atoms with Gasteiger partial charge in [0.1, 0.15) is 12.1 Å². The normalized spacial score (nSPS) is 16.2. The van der Waals surface area contributed by atoms with E-state index in [9.17, 15) is 19.2 Å². The average Bonchev–Trinajstić information content (AvgIpc) is 3.60. The van der Waals surface area contributed by atoms with Gasteiger partial charge in [0.15, 0.2) is 0 Å². The maximum Gasteiger partial charge on any atom is 0.286 e. The fourth-order valence-corrected chi connectivity index (χ4v) is 4.80. The monoisotopic (exact) mass is 574 g/mol. The van der Waals surface area contributed by atoms with Gasteiger partial charge in [-0.15, -0.1) is 10.2 Å². The van der Waals surface area contributed by atoms with Crippen LogP contribution in [-0.4, -0.2) is 56.8 Å². The number of ketones is 1. The van der Waals surface area contributed by atoms with Gasteiger partial charge in [0.2, 0.25) is 17.6 Å². The van der Waals surface area contributed by atoms with E-state index in [4.69, 9.17) is 4.42 Å². The third kappa shape index (κ3) is 6.40. The second-order valence-corrected chi connectivity index (χ2v) is 12.3. The van der Waals surface area contributed by atoms with Crippen LogP contribution in [0.15, 0.2) is 53.2 Å². The largest absolute Gasteiger partial charge is 0.418 e. The number of carbonyl (C=O) groups is 4. The minimum atomic E-state index is -0.961. The van der Waals surface area contributed by atoms with Crippen molar-refractivity contribution in [3.05, 3.63) is 71.7 Å². The minimum Gasteiger partial charge on any atom is -0.418 e. The lowest BCUT2D eigenvalue weighted by Crippen LogP contribution is -2.58. The van der Waals surface area contributed by atoms with Crippen molar-refractivity contribution in [2.45, 2.75) is 78.4 Å². The van der Waals surface area contributed by atoms with Crippen molar-refractivity contribution in [2.75, 3.05) is 4.90 Å². The highest BCUT2D eigenvalue weighted by molar-refractivity contribution is 6.08. The molecule has 0 spiro atoms. The lowest BCUT2D eigenvalue weighted by Gasteiger charge is -2.32. The van der Waals surface area contributed by atoms with E-state index in [1.165, 1.54) is 11.1 Å². The molecule has 222 valence electrons. The van der Waals surface area contributed by atoms with Crippen molar-refractivity contribution in [1.82, 2.24) is 25.8 Å². The van der Waals surface area contributed by atoms with E-state index in [0.717, 1.165) is 5.56 Å². The van der Waals surface area contributed by atoms with Crippen LogP contribution in [0.5, 0.6) is 0 Å². The predicted octanol–water partition coefficient (Wildman–Crippen LogP) is 3.50. The summed E-state index contributed by atoms with van der Waals surface area (Å²) in [7, 11) is 0. The van der Waals surface area contributed by atoms with Gasteiger partial charge < -0.3 is 15.1 Å². The molecule has 1 aliphatic heterocycles. The number of Topliss-reactive ketones (excluding diaryl/α,β-unsaturated/α-hetero) is 1. The number of nitrogens with zero attached hydrogens (tertiary/aromatic N) is 4. The summed E-state index contributed by atoms with van der Waals surface area (Å²) in [6.07, 6.45) is 3.24. The Morgan fingerprint density at radius 2 is 1.62 bits per heavy atom. The molecule has 42 heavy (non-hydrogen) atoms. The first-order chi connectivity index (χ1) is 19.8. The Morgan fingerprint density at radius 1 is 0.929 bits per heavy atom. The second-order valence-electron chi connectivity index (χ2n) is 12.3. The topological polar surface area (TPSA) is 147 Å². The van der Waals surface area contributed by atoms with Crippen LogP contribution in [0.1, 0.15) is 81.0 Å². The highest BCUT2D eigenvalue weighted by atomic mass is 16.4. The molecule has 2 aromatic heterocycles. The minimum absolute atomic E-state index is 0.181. The number of para-hydroxylation sites is 1. The van der Waals surface area contributed by atoms with Gasteiger partial charge in [-0.05, 0) is 35.6 Å². The van der Waals surface area contributed by atoms with Gasteiger partial charge in [-0.1, -0.05) is 66.7 Å². The number of aromatic nitrogens is 3. The number of hydrogen-bond donors (Lipinski definition) is 2. The average molecular weight is 575 g/mol. The molecule has 0 radical (unpaired) electrons. The molecule has 0 bridgehead atoms. The van der Waals surface area contributed by atoms with Crippen LogP contribution in [-0.2, 0) is 21.4 Å². The van der Waals surface area contributed by atoms with Crippen molar-refractivity contribution in [3.8, 4) is 0 Å². The molecule has 0 aliphatic carbocycles. The number of fused-ring (bicyclic) bond motifs is 1. The summed E-state index contributed by atoms with van der Waals surface area (Å²) in [6, 6.07) is 7.71. The number of amides is 3. The van der Waals surface area contributed by atoms with Crippen LogP contribution in [0.25, 0.3) is 0 Å². The zero-order valence-electron chi connectivity index (χ0n) is 25.0. The van der Waals surface area contributed by atoms with Crippen LogP contribution in [0.4, 0.5) is 5.69 Å². The van der Waals surface area contributed by atoms with Crippen molar-refractivity contribution in [2.24, 2.45) is 11.8 Å². The van der Waals surface area contributed by atoms with E-state index in [-0.39, 0.29) is 24.1 Å². The van der Waals surface area contributed by atoms with Crippen LogP contribution in [0, 0.1) is 11.8 Å². The lowest BCUT2D eigenvalue weighted by molar-refractivity contribution is -0.127. The zero-order valence-corrected chi connectivity index (χ0v) is 25.0. The van der Waals surface area contributed by atoms with Gasteiger partial charge in [0.25, 0.3) is 17.7 Å². The molecule has 0 saturated heterocycles. The number of carbonyl (C=O) groups excluding carboxylic acids is 4. The van der Waals surface area contributed by atoms with Crippen LogP contribution < -0.4 is 15.5 Å². The molecular formula is C31H38N6O5. The zero-order chi connectivity index (χ0) is 30.8. The molecule has 11 heteroatoms. The maximum atomic E-state index is 14.1. The molecule has 1 aromatic carbocycles. The van der Waals surface area contributed by atoms with Gasteiger partial charge in [0.05, 0.1) is 11.6 Å². The molecule has 3 heterocycles. The predicted molar refractivity (Wildman–Crippen MR) is 156 cm³/mol.